The van der Waals surface area contributed by atoms with Gasteiger partial charge in [-0.2, -0.15) is 5.26 Å². The molecule has 2 aromatic carbocycles. The van der Waals surface area contributed by atoms with Gasteiger partial charge >= 0.3 is 5.76 Å². The highest BCUT2D eigenvalue weighted by Gasteiger charge is 2.11. The van der Waals surface area contributed by atoms with Crippen LogP contribution in [0.4, 0.5) is 0 Å². The van der Waals surface area contributed by atoms with Gasteiger partial charge in [-0.15, -0.1) is 0 Å². The van der Waals surface area contributed by atoms with E-state index in [-0.39, 0.29) is 5.76 Å². The fraction of sp³-hybridized carbons (Fsp3) is 0.320. The van der Waals surface area contributed by atoms with Gasteiger partial charge in [0.1, 0.15) is 6.04 Å². The Balaban J connectivity index is 0.000000336. The van der Waals surface area contributed by atoms with Crippen molar-refractivity contribution in [2.45, 2.75) is 18.9 Å². The van der Waals surface area contributed by atoms with Crippen LogP contribution in [0.15, 0.2) is 51.7 Å². The van der Waals surface area contributed by atoms with Crippen LogP contribution in [0.2, 0.25) is 0 Å². The zero-order valence-corrected chi connectivity index (χ0v) is 19.0. The molecule has 0 spiro atoms. The highest BCUT2D eigenvalue weighted by Crippen LogP contribution is 2.27. The van der Waals surface area contributed by atoms with Crippen LogP contribution in [0.1, 0.15) is 12.1 Å². The molecule has 5 rings (SSSR count). The fourth-order valence-corrected chi connectivity index (χ4v) is 3.90. The lowest BCUT2D eigenvalue weighted by atomic mass is 10.0. The molecule has 3 heterocycles. The topological polar surface area (TPSA) is 125 Å². The molecule has 1 atom stereocenters. The Morgan fingerprint density at radius 3 is 2.82 bits per heavy atom. The molecule has 176 valence electrons. The second-order valence-electron chi connectivity index (χ2n) is 8.09. The molecule has 0 bridgehead atoms. The number of nitriles is 1. The summed E-state index contributed by atoms with van der Waals surface area (Å²) in [5, 5.41) is 15.8. The molecule has 1 amide bonds. The maximum absolute atomic E-state index is 11.7. The third kappa shape index (κ3) is 5.36. The van der Waals surface area contributed by atoms with E-state index in [9.17, 15) is 9.59 Å². The summed E-state index contributed by atoms with van der Waals surface area (Å²) in [5.41, 5.74) is 5.10. The van der Waals surface area contributed by atoms with Crippen LogP contribution >= 0.6 is 0 Å². The molecule has 4 aromatic rings. The third-order valence-corrected chi connectivity index (χ3v) is 5.72. The van der Waals surface area contributed by atoms with Crippen molar-refractivity contribution in [1.82, 2.24) is 20.2 Å². The number of carbonyl (C=O) groups is 1. The minimum atomic E-state index is -0.570. The molecule has 1 aliphatic heterocycles. The van der Waals surface area contributed by atoms with E-state index >= 15 is 0 Å². The second kappa shape index (κ2) is 10.8. The molecule has 1 aliphatic rings. The molecule has 0 saturated carbocycles. The Bertz CT molecular complexity index is 1360. The Morgan fingerprint density at radius 1 is 1.18 bits per heavy atom. The molecule has 2 aromatic heterocycles. The van der Waals surface area contributed by atoms with Crippen LogP contribution in [0.3, 0.4) is 0 Å². The van der Waals surface area contributed by atoms with E-state index in [4.69, 9.17) is 14.4 Å². The van der Waals surface area contributed by atoms with E-state index < -0.39 is 6.04 Å². The molecule has 1 saturated heterocycles. The van der Waals surface area contributed by atoms with Crippen molar-refractivity contribution in [2.24, 2.45) is 7.05 Å². The third-order valence-electron chi connectivity index (χ3n) is 5.72. The quantitative estimate of drug-likeness (QED) is 0.392. The molecule has 3 N–H and O–H groups in total. The van der Waals surface area contributed by atoms with Crippen molar-refractivity contribution in [3.05, 3.63) is 58.7 Å². The first-order valence-corrected chi connectivity index (χ1v) is 11.2. The lowest BCUT2D eigenvalue weighted by molar-refractivity contribution is -0.109. The Hall–Kier alpha value is -3.87. The van der Waals surface area contributed by atoms with Crippen LogP contribution in [0, 0.1) is 11.3 Å². The first-order valence-electron chi connectivity index (χ1n) is 11.2. The molecule has 9 nitrogen and oxygen atoms in total. The van der Waals surface area contributed by atoms with E-state index in [1.807, 2.05) is 36.4 Å². The van der Waals surface area contributed by atoms with Crippen molar-refractivity contribution in [2.75, 3.05) is 26.3 Å². The van der Waals surface area contributed by atoms with Crippen molar-refractivity contribution < 1.29 is 13.9 Å². The first kappa shape index (κ1) is 23.3. The van der Waals surface area contributed by atoms with Gasteiger partial charge < -0.3 is 24.8 Å². The Labute approximate surface area is 196 Å². The number of nitrogens with one attached hydrogen (secondary N) is 3. The predicted molar refractivity (Wildman–Crippen MR) is 129 cm³/mol. The molecule has 34 heavy (non-hydrogen) atoms. The number of ether oxygens (including phenoxy) is 1. The largest absolute Gasteiger partial charge is 0.419 e. The zero-order valence-electron chi connectivity index (χ0n) is 19.0. The van der Waals surface area contributed by atoms with Gasteiger partial charge in [0.05, 0.1) is 18.2 Å². The summed E-state index contributed by atoms with van der Waals surface area (Å²) in [4.78, 5) is 25.5. The summed E-state index contributed by atoms with van der Waals surface area (Å²) < 4.78 is 11.8. The van der Waals surface area contributed by atoms with Crippen LogP contribution in [-0.2, 0) is 23.0 Å². The molecular weight excluding hydrogens is 434 g/mol. The number of hydrogen-bond donors (Lipinski definition) is 3. The number of hydrogen-bond acceptors (Lipinski definition) is 6. The minimum Gasteiger partial charge on any atom is -0.408 e. The number of fused-ring (bicyclic) bond motifs is 2. The van der Waals surface area contributed by atoms with E-state index in [2.05, 4.69) is 21.7 Å². The Morgan fingerprint density at radius 2 is 2.00 bits per heavy atom. The van der Waals surface area contributed by atoms with Gasteiger partial charge in [0, 0.05) is 43.2 Å². The maximum Gasteiger partial charge on any atom is 0.419 e. The number of H-pyrrole nitrogens is 1. The summed E-state index contributed by atoms with van der Waals surface area (Å²) in [6.07, 6.45) is 2.11. The van der Waals surface area contributed by atoms with Gasteiger partial charge in [-0.05, 0) is 54.4 Å². The standard InChI is InChI=1S/C20H16N4O3.C5H11NO/c1-24-18-8-13(3-5-19(18)27-20(24)26)12-2-4-17-14(6-12)7-15(23-17)9-16(10-21)22-11-25;1-2-6-3-5-7-4-1/h2-8,11,16,23H,9H2,1H3,(H,22,25);6H,1-5H2. The number of rotatable bonds is 5. The zero-order chi connectivity index (χ0) is 23.9. The highest BCUT2D eigenvalue weighted by atomic mass is 16.5. The molecule has 9 heteroatoms. The predicted octanol–water partition coefficient (Wildman–Crippen LogP) is 2.46. The van der Waals surface area contributed by atoms with E-state index in [0.717, 1.165) is 59.5 Å². The second-order valence-corrected chi connectivity index (χ2v) is 8.09. The molecular formula is C25H27N5O4. The SMILES string of the molecule is C1CNCCOC1.Cn1c(=O)oc2ccc(-c3ccc4[nH]c(CC(C#N)NC=O)cc4c3)cc21. The highest BCUT2D eigenvalue weighted by molar-refractivity contribution is 5.88. The van der Waals surface area contributed by atoms with Crippen LogP contribution in [-0.4, -0.2) is 48.3 Å². The molecule has 0 aliphatic carbocycles. The van der Waals surface area contributed by atoms with Gasteiger partial charge in [0.15, 0.2) is 5.58 Å². The van der Waals surface area contributed by atoms with Crippen molar-refractivity contribution >= 4 is 28.4 Å². The average molecular weight is 462 g/mol. The number of oxazole rings is 1. The van der Waals surface area contributed by atoms with Crippen LogP contribution in [0.25, 0.3) is 33.1 Å². The number of aryl methyl sites for hydroxylation is 1. The lowest BCUT2D eigenvalue weighted by Gasteiger charge is -2.04. The van der Waals surface area contributed by atoms with Gasteiger partial charge in [0.2, 0.25) is 6.41 Å². The van der Waals surface area contributed by atoms with Gasteiger partial charge in [-0.25, -0.2) is 4.79 Å². The fourth-order valence-electron chi connectivity index (χ4n) is 3.90. The van der Waals surface area contributed by atoms with Gasteiger partial charge in [0.25, 0.3) is 0 Å². The maximum atomic E-state index is 11.7. The number of nitrogens with zero attached hydrogens (tertiary/aromatic N) is 2. The van der Waals surface area contributed by atoms with Gasteiger partial charge in [-0.3, -0.25) is 9.36 Å². The first-order chi connectivity index (χ1) is 16.6. The van der Waals surface area contributed by atoms with Crippen molar-refractivity contribution in [1.29, 1.82) is 5.26 Å². The smallest absolute Gasteiger partial charge is 0.408 e. The summed E-state index contributed by atoms with van der Waals surface area (Å²) in [5.74, 6) is -0.385. The monoisotopic (exact) mass is 461 g/mol. The number of carbonyl (C=O) groups excluding carboxylic acids is 1. The van der Waals surface area contributed by atoms with E-state index in [1.165, 1.54) is 11.0 Å². The minimum absolute atomic E-state index is 0.385. The summed E-state index contributed by atoms with van der Waals surface area (Å²) in [7, 11) is 1.68. The number of benzene rings is 2. The average Bonchev–Trinajstić information content (AvgIpc) is 3.20. The summed E-state index contributed by atoms with van der Waals surface area (Å²) in [6, 6.07) is 15.1. The van der Waals surface area contributed by atoms with Gasteiger partial charge in [-0.1, -0.05) is 12.1 Å². The Kier molecular flexibility index (Phi) is 7.42. The molecule has 0 radical (unpaired) electrons. The van der Waals surface area contributed by atoms with E-state index in [0.29, 0.717) is 18.4 Å². The molecule has 1 fully saturated rings. The summed E-state index contributed by atoms with van der Waals surface area (Å²) in [6.45, 7) is 3.98. The van der Waals surface area contributed by atoms with Crippen molar-refractivity contribution in [3.8, 4) is 17.2 Å². The normalized spacial score (nSPS) is 14.6. The number of amides is 1. The van der Waals surface area contributed by atoms with E-state index in [1.54, 1.807) is 13.1 Å². The molecule has 1 unspecified atom stereocenters. The van der Waals surface area contributed by atoms with Crippen molar-refractivity contribution in [3.63, 3.8) is 0 Å². The van der Waals surface area contributed by atoms with Crippen LogP contribution < -0.4 is 16.4 Å². The number of aromatic amines is 1. The lowest BCUT2D eigenvalue weighted by Crippen LogP contribution is -2.28. The van der Waals surface area contributed by atoms with Crippen LogP contribution in [0.5, 0.6) is 0 Å². The number of aromatic nitrogens is 2. The summed E-state index contributed by atoms with van der Waals surface area (Å²) >= 11 is 0.